The van der Waals surface area contributed by atoms with Gasteiger partial charge in [0, 0.05) is 0 Å². The average molecular weight is 183 g/mol. The molecule has 3 heteroatoms. The Kier molecular flexibility index (Phi) is 5.05. The van der Waals surface area contributed by atoms with Crippen molar-refractivity contribution in [3.8, 4) is 0 Å². The molecule has 0 aliphatic rings. The molecule has 0 aromatic heterocycles. The van der Waals surface area contributed by atoms with Gasteiger partial charge in [0.05, 0.1) is 0 Å². The van der Waals surface area contributed by atoms with Crippen molar-refractivity contribution < 1.29 is 9.90 Å². The molecule has 2 nitrogen and oxygen atoms in total. The third-order valence-electron chi connectivity index (χ3n) is 0.560. The van der Waals surface area contributed by atoms with Gasteiger partial charge < -0.3 is 0 Å². The molecule has 0 saturated carbocycles. The molecular weight excluding hydrogens is 178 g/mol. The topological polar surface area (TPSA) is 37.3 Å². The molecule has 0 aliphatic carbocycles. The van der Waals surface area contributed by atoms with Crippen LogP contribution in [-0.2, 0) is 4.79 Å². The molecular formula is C5H5O2Rb. The fourth-order valence-electron chi connectivity index (χ4n) is 0.267. The van der Waals surface area contributed by atoms with Crippen LogP contribution in [0.1, 0.15) is 0 Å². The van der Waals surface area contributed by atoms with Gasteiger partial charge in [-0.25, -0.2) is 0 Å². The number of aliphatic hydroxyl groups is 1. The number of rotatable bonds is 2. The van der Waals surface area contributed by atoms with Crippen molar-refractivity contribution in [1.82, 2.24) is 0 Å². The Bertz CT molecular complexity index is 137. The summed E-state index contributed by atoms with van der Waals surface area (Å²) in [4.78, 5) is 10.2. The van der Waals surface area contributed by atoms with Gasteiger partial charge in [-0.15, -0.1) is 0 Å². The van der Waals surface area contributed by atoms with Crippen LogP contribution in [0.5, 0.6) is 0 Å². The van der Waals surface area contributed by atoms with E-state index in [0.29, 0.717) is 0 Å². The van der Waals surface area contributed by atoms with Crippen LogP contribution in [0.2, 0.25) is 0 Å². The molecule has 0 atom stereocenters. The summed E-state index contributed by atoms with van der Waals surface area (Å²) < 4.78 is 0.0317. The van der Waals surface area contributed by atoms with E-state index in [4.69, 9.17) is 5.11 Å². The third-order valence-corrected chi connectivity index (χ3v) is 1.27. The molecule has 0 radical (unpaired) electrons. The summed E-state index contributed by atoms with van der Waals surface area (Å²) in [6.07, 6.45) is 2.44. The molecule has 38 valence electrons. The van der Waals surface area contributed by atoms with E-state index in [1.165, 1.54) is 12.2 Å². The molecule has 0 amide bonds. The van der Waals surface area contributed by atoms with Crippen LogP contribution in [0, 0.1) is 0 Å². The van der Waals surface area contributed by atoms with Crippen LogP contribution in [0.25, 0.3) is 0 Å². The van der Waals surface area contributed by atoms with E-state index in [1.54, 1.807) is 0 Å². The van der Waals surface area contributed by atoms with E-state index in [9.17, 15) is 4.79 Å². The first-order valence-corrected chi connectivity index (χ1v) is 4.66. The molecule has 1 N–H and O–H groups in total. The van der Waals surface area contributed by atoms with Crippen molar-refractivity contribution in [2.24, 2.45) is 0 Å². The van der Waals surface area contributed by atoms with Gasteiger partial charge in [0.1, 0.15) is 0 Å². The fraction of sp³-hybridized carbons (Fsp3) is 0. The molecule has 0 spiro atoms. The number of hydrogen-bond donors (Lipinski definition) is 1. The summed E-state index contributed by atoms with van der Waals surface area (Å²) >= 11 is -0.0189. The van der Waals surface area contributed by atoms with Crippen LogP contribution in [-0.4, -0.2) is 59.5 Å². The van der Waals surface area contributed by atoms with Crippen molar-refractivity contribution in [3.63, 3.8) is 0 Å². The molecule has 0 heterocycles. The second-order valence-corrected chi connectivity index (χ2v) is 3.81. The van der Waals surface area contributed by atoms with E-state index in [-0.39, 0.29) is 60.1 Å². The third kappa shape index (κ3) is 4.90. The summed E-state index contributed by atoms with van der Waals surface area (Å²) in [5, 5.41) is 8.58. The fourth-order valence-corrected chi connectivity index (χ4v) is 0.994. The molecule has 0 fully saturated rings. The Hall–Kier alpha value is 0.755. The number of aliphatic hydroxyl groups excluding tert-OH is 1. The van der Waals surface area contributed by atoms with E-state index >= 15 is 0 Å². The van der Waals surface area contributed by atoms with Gasteiger partial charge in [-0.1, -0.05) is 0 Å². The monoisotopic (exact) mass is 182 g/mol. The zero-order valence-corrected chi connectivity index (χ0v) is 9.63. The van der Waals surface area contributed by atoms with E-state index in [1.807, 2.05) is 0 Å². The quantitative estimate of drug-likeness (QED) is 0.379. The summed E-state index contributed by atoms with van der Waals surface area (Å²) in [7, 11) is 0. The van der Waals surface area contributed by atoms with Gasteiger partial charge in [0.15, 0.2) is 0 Å². The molecule has 0 aromatic rings. The second kappa shape index (κ2) is 4.62. The average Bonchev–Trinajstić information content (AvgIpc) is 1.65. The minimum atomic E-state index is -0.0331. The summed E-state index contributed by atoms with van der Waals surface area (Å²) in [6.45, 7) is 3.27. The van der Waals surface area contributed by atoms with E-state index in [0.717, 1.165) is 0 Å². The second-order valence-electron chi connectivity index (χ2n) is 1.38. The van der Waals surface area contributed by atoms with Crippen molar-refractivity contribution in [3.05, 3.63) is 24.5 Å². The number of carbonyl (C=O) groups is 1. The standard InChI is InChI=1S/C5H5O2.Rb/c1-2-5(7)3-4-6;/h2-3,7H,1H2;/b5-3-;. The number of hydrogen-bond acceptors (Lipinski definition) is 2. The molecule has 0 unspecified atom stereocenters. The van der Waals surface area contributed by atoms with Crippen LogP contribution in [0.4, 0.5) is 0 Å². The Morgan fingerprint density at radius 2 is 2.25 bits per heavy atom. The Labute approximate surface area is 87.0 Å². The zero-order valence-electron chi connectivity index (χ0n) is 4.72. The summed E-state index contributed by atoms with van der Waals surface area (Å²) in [5.74, 6) is -0.0331. The Balaban J connectivity index is 3.94. The van der Waals surface area contributed by atoms with Gasteiger partial charge in [0.2, 0.25) is 0 Å². The van der Waals surface area contributed by atoms with E-state index in [2.05, 4.69) is 6.58 Å². The maximum atomic E-state index is 10.2. The SMILES string of the molecule is C=C/C(O)=C/[C](=O)[Rb]. The maximum absolute atomic E-state index is 10.2. The molecule has 8 heavy (non-hydrogen) atoms. The molecule has 0 bridgehead atoms. The van der Waals surface area contributed by atoms with Gasteiger partial charge in [0.25, 0.3) is 0 Å². The van der Waals surface area contributed by atoms with Gasteiger partial charge in [-0.05, 0) is 0 Å². The predicted octanol–water partition coefficient (Wildman–Crippen LogP) is 0.309. The molecule has 0 rings (SSSR count). The van der Waals surface area contributed by atoms with E-state index < -0.39 is 0 Å². The van der Waals surface area contributed by atoms with Crippen molar-refractivity contribution >= 4 is 54.4 Å². The predicted molar refractivity (Wildman–Crippen MR) is 31.7 cm³/mol. The first-order chi connectivity index (χ1) is 3.66. The molecule has 0 saturated heterocycles. The normalized spacial score (nSPS) is 11.0. The van der Waals surface area contributed by atoms with Crippen LogP contribution >= 0.6 is 0 Å². The Morgan fingerprint density at radius 3 is 2.38 bits per heavy atom. The number of allylic oxidation sites excluding steroid dienone is 2. The van der Waals surface area contributed by atoms with Gasteiger partial charge >= 0.3 is 88.8 Å². The van der Waals surface area contributed by atoms with Crippen molar-refractivity contribution in [2.45, 2.75) is 0 Å². The van der Waals surface area contributed by atoms with Crippen LogP contribution in [0.15, 0.2) is 24.5 Å². The minimum absolute atomic E-state index is 0.0189. The Morgan fingerprint density at radius 1 is 1.75 bits per heavy atom. The molecule has 0 aromatic carbocycles. The summed E-state index contributed by atoms with van der Waals surface area (Å²) in [6, 6.07) is 0. The number of carbonyl (C=O) groups excluding carboxylic acids is 1. The van der Waals surface area contributed by atoms with Crippen molar-refractivity contribution in [2.75, 3.05) is 0 Å². The summed E-state index contributed by atoms with van der Waals surface area (Å²) in [5.41, 5.74) is 0. The zero-order chi connectivity index (χ0) is 6.57. The van der Waals surface area contributed by atoms with Crippen molar-refractivity contribution in [1.29, 1.82) is 0 Å². The first kappa shape index (κ1) is 8.76. The first-order valence-electron chi connectivity index (χ1n) is 2.20. The van der Waals surface area contributed by atoms with Crippen LogP contribution < -0.4 is 0 Å². The molecule has 0 aliphatic heterocycles. The van der Waals surface area contributed by atoms with Crippen LogP contribution in [0.3, 0.4) is 0 Å². The van der Waals surface area contributed by atoms with Gasteiger partial charge in [-0.2, -0.15) is 0 Å². The van der Waals surface area contributed by atoms with Gasteiger partial charge in [-0.3, -0.25) is 0 Å².